The Kier molecular flexibility index (Phi) is 5.37. The van der Waals surface area contributed by atoms with Crippen molar-refractivity contribution in [1.29, 1.82) is 0 Å². The van der Waals surface area contributed by atoms with Gasteiger partial charge in [0.05, 0.1) is 12.7 Å². The average molecular weight is 263 g/mol. The fourth-order valence-corrected chi connectivity index (χ4v) is 2.27. The molecular formula is C16H25NO2. The van der Waals surface area contributed by atoms with Crippen LogP contribution >= 0.6 is 0 Å². The zero-order valence-electron chi connectivity index (χ0n) is 12.0. The highest BCUT2D eigenvalue weighted by Gasteiger charge is 2.21. The maximum Gasteiger partial charge on any atom is 0.0897 e. The molecule has 1 aromatic rings. The predicted octanol–water partition coefficient (Wildman–Crippen LogP) is 2.18. The molecule has 1 saturated carbocycles. The lowest BCUT2D eigenvalue weighted by Crippen LogP contribution is -2.30. The molecule has 19 heavy (non-hydrogen) atoms. The molecule has 2 rings (SSSR count). The average Bonchev–Trinajstić information content (AvgIpc) is 3.11. The van der Waals surface area contributed by atoms with E-state index in [4.69, 9.17) is 4.74 Å². The molecule has 3 heteroatoms. The summed E-state index contributed by atoms with van der Waals surface area (Å²) in [5.74, 6) is 0.760. The van der Waals surface area contributed by atoms with Crippen molar-refractivity contribution in [2.75, 3.05) is 19.8 Å². The van der Waals surface area contributed by atoms with E-state index >= 15 is 0 Å². The summed E-state index contributed by atoms with van der Waals surface area (Å²) in [4.78, 5) is 0. The van der Waals surface area contributed by atoms with Gasteiger partial charge in [-0.05, 0) is 38.2 Å². The van der Waals surface area contributed by atoms with Crippen molar-refractivity contribution >= 4 is 0 Å². The molecule has 0 radical (unpaired) electrons. The quantitative estimate of drug-likeness (QED) is 0.755. The second-order valence-electron chi connectivity index (χ2n) is 5.76. The Morgan fingerprint density at radius 1 is 1.26 bits per heavy atom. The summed E-state index contributed by atoms with van der Waals surface area (Å²) >= 11 is 0. The number of aryl methyl sites for hydroxylation is 2. The molecular weight excluding hydrogens is 238 g/mol. The Balaban J connectivity index is 1.61. The largest absolute Gasteiger partial charge is 0.389 e. The Hall–Kier alpha value is -0.900. The van der Waals surface area contributed by atoms with Crippen molar-refractivity contribution in [3.63, 3.8) is 0 Å². The van der Waals surface area contributed by atoms with Gasteiger partial charge in [-0.15, -0.1) is 0 Å². The summed E-state index contributed by atoms with van der Waals surface area (Å²) in [5, 5.41) is 13.1. The SMILES string of the molecule is Cc1cc(C)cc(CNCC(O)COCC2CC2)c1. The number of hydrogen-bond donors (Lipinski definition) is 2. The van der Waals surface area contributed by atoms with Gasteiger partial charge >= 0.3 is 0 Å². The van der Waals surface area contributed by atoms with Gasteiger partial charge in [0.1, 0.15) is 0 Å². The molecule has 3 nitrogen and oxygen atoms in total. The lowest BCUT2D eigenvalue weighted by atomic mass is 10.1. The molecule has 0 amide bonds. The van der Waals surface area contributed by atoms with Crippen LogP contribution in [0.25, 0.3) is 0 Å². The van der Waals surface area contributed by atoms with Gasteiger partial charge in [-0.1, -0.05) is 29.3 Å². The minimum absolute atomic E-state index is 0.412. The third-order valence-electron chi connectivity index (χ3n) is 3.35. The van der Waals surface area contributed by atoms with E-state index in [0.717, 1.165) is 19.1 Å². The molecule has 1 aliphatic rings. The maximum absolute atomic E-state index is 9.78. The molecule has 0 aliphatic heterocycles. The molecule has 0 spiro atoms. The first-order chi connectivity index (χ1) is 9.13. The Morgan fingerprint density at radius 3 is 2.58 bits per heavy atom. The highest BCUT2D eigenvalue weighted by molar-refractivity contribution is 5.28. The lowest BCUT2D eigenvalue weighted by molar-refractivity contribution is 0.0324. The highest BCUT2D eigenvalue weighted by Crippen LogP contribution is 2.28. The second kappa shape index (κ2) is 7.04. The second-order valence-corrected chi connectivity index (χ2v) is 5.76. The number of hydrogen-bond acceptors (Lipinski definition) is 3. The molecule has 1 fully saturated rings. The van der Waals surface area contributed by atoms with Crippen LogP contribution in [0.5, 0.6) is 0 Å². The molecule has 106 valence electrons. The van der Waals surface area contributed by atoms with Crippen molar-refractivity contribution in [1.82, 2.24) is 5.32 Å². The van der Waals surface area contributed by atoms with Crippen LogP contribution in [0.3, 0.4) is 0 Å². The van der Waals surface area contributed by atoms with E-state index in [1.165, 1.54) is 29.5 Å². The topological polar surface area (TPSA) is 41.5 Å². The summed E-state index contributed by atoms with van der Waals surface area (Å²) in [5.41, 5.74) is 3.83. The van der Waals surface area contributed by atoms with Gasteiger partial charge in [0.25, 0.3) is 0 Å². The van der Waals surface area contributed by atoms with Gasteiger partial charge in [0.2, 0.25) is 0 Å². The van der Waals surface area contributed by atoms with Crippen molar-refractivity contribution in [2.45, 2.75) is 39.3 Å². The zero-order chi connectivity index (χ0) is 13.7. The first kappa shape index (κ1) is 14.5. The number of ether oxygens (including phenoxy) is 1. The first-order valence-electron chi connectivity index (χ1n) is 7.17. The first-order valence-corrected chi connectivity index (χ1v) is 7.17. The van der Waals surface area contributed by atoms with E-state index in [0.29, 0.717) is 13.2 Å². The molecule has 1 aliphatic carbocycles. The number of nitrogens with one attached hydrogen (secondary N) is 1. The minimum Gasteiger partial charge on any atom is -0.389 e. The van der Waals surface area contributed by atoms with E-state index in [-0.39, 0.29) is 0 Å². The smallest absolute Gasteiger partial charge is 0.0897 e. The molecule has 1 aromatic carbocycles. The summed E-state index contributed by atoms with van der Waals surface area (Å²) in [7, 11) is 0. The van der Waals surface area contributed by atoms with Crippen LogP contribution in [0.4, 0.5) is 0 Å². The van der Waals surface area contributed by atoms with Crippen LogP contribution < -0.4 is 5.32 Å². The fraction of sp³-hybridized carbons (Fsp3) is 0.625. The third-order valence-corrected chi connectivity index (χ3v) is 3.35. The van der Waals surface area contributed by atoms with Crippen LogP contribution in [0.1, 0.15) is 29.5 Å². The van der Waals surface area contributed by atoms with Crippen LogP contribution in [0, 0.1) is 19.8 Å². The molecule has 0 bridgehead atoms. The van der Waals surface area contributed by atoms with Crippen molar-refractivity contribution in [3.05, 3.63) is 34.9 Å². The van der Waals surface area contributed by atoms with Crippen molar-refractivity contribution in [3.8, 4) is 0 Å². The summed E-state index contributed by atoms with van der Waals surface area (Å²) in [6, 6.07) is 6.52. The molecule has 0 heterocycles. The Labute approximate surface area is 116 Å². The van der Waals surface area contributed by atoms with E-state index in [2.05, 4.69) is 37.4 Å². The Morgan fingerprint density at radius 2 is 1.95 bits per heavy atom. The van der Waals surface area contributed by atoms with Crippen molar-refractivity contribution in [2.24, 2.45) is 5.92 Å². The van der Waals surface area contributed by atoms with Crippen molar-refractivity contribution < 1.29 is 9.84 Å². The minimum atomic E-state index is -0.412. The van der Waals surface area contributed by atoms with E-state index in [9.17, 15) is 5.11 Å². The highest BCUT2D eigenvalue weighted by atomic mass is 16.5. The third kappa shape index (κ3) is 5.72. The number of rotatable bonds is 8. The van der Waals surface area contributed by atoms with Gasteiger partial charge in [0.15, 0.2) is 0 Å². The van der Waals surface area contributed by atoms with Crippen LogP contribution in [-0.4, -0.2) is 31.0 Å². The van der Waals surface area contributed by atoms with Gasteiger partial charge in [-0.25, -0.2) is 0 Å². The van der Waals surface area contributed by atoms with Gasteiger partial charge in [-0.2, -0.15) is 0 Å². The van der Waals surface area contributed by atoms with Crippen LogP contribution in [0.15, 0.2) is 18.2 Å². The van der Waals surface area contributed by atoms with E-state index < -0.39 is 6.10 Å². The molecule has 0 saturated heterocycles. The number of aliphatic hydroxyl groups is 1. The molecule has 0 aromatic heterocycles. The zero-order valence-corrected chi connectivity index (χ0v) is 12.0. The predicted molar refractivity (Wildman–Crippen MR) is 77.2 cm³/mol. The van der Waals surface area contributed by atoms with E-state index in [1.807, 2.05) is 0 Å². The number of aliphatic hydroxyl groups excluding tert-OH is 1. The van der Waals surface area contributed by atoms with Gasteiger partial charge in [0, 0.05) is 19.7 Å². The summed E-state index contributed by atoms with van der Waals surface area (Å²) in [6.07, 6.45) is 2.17. The monoisotopic (exact) mass is 263 g/mol. The van der Waals surface area contributed by atoms with Crippen LogP contribution in [0.2, 0.25) is 0 Å². The molecule has 1 atom stereocenters. The van der Waals surface area contributed by atoms with Gasteiger partial charge in [-0.3, -0.25) is 0 Å². The Bertz CT molecular complexity index is 381. The van der Waals surface area contributed by atoms with Gasteiger partial charge < -0.3 is 15.2 Å². The molecule has 1 unspecified atom stereocenters. The van der Waals surface area contributed by atoms with Crippen LogP contribution in [-0.2, 0) is 11.3 Å². The normalized spacial score (nSPS) is 16.6. The molecule has 2 N–H and O–H groups in total. The lowest BCUT2D eigenvalue weighted by Gasteiger charge is -2.13. The number of benzene rings is 1. The maximum atomic E-state index is 9.78. The summed E-state index contributed by atoms with van der Waals surface area (Å²) < 4.78 is 5.47. The fourth-order valence-electron chi connectivity index (χ4n) is 2.27. The standard InChI is InChI=1S/C16H25NO2/c1-12-5-13(2)7-15(6-12)8-17-9-16(18)11-19-10-14-3-4-14/h5-7,14,16-18H,3-4,8-11H2,1-2H3. The van der Waals surface area contributed by atoms with E-state index in [1.54, 1.807) is 0 Å². The summed E-state index contributed by atoms with van der Waals surface area (Å²) in [6.45, 7) is 6.85.